The van der Waals surface area contributed by atoms with Crippen molar-refractivity contribution in [3.05, 3.63) is 29.3 Å². The van der Waals surface area contributed by atoms with Crippen LogP contribution in [0.1, 0.15) is 18.9 Å². The van der Waals surface area contributed by atoms with E-state index in [2.05, 4.69) is 0 Å². The molecule has 1 fully saturated rings. The van der Waals surface area contributed by atoms with Gasteiger partial charge in [-0.15, -0.1) is 0 Å². The molecule has 18 heavy (non-hydrogen) atoms. The Morgan fingerprint density at radius 2 is 2.06 bits per heavy atom. The van der Waals surface area contributed by atoms with Crippen molar-refractivity contribution >= 4 is 5.69 Å². The fourth-order valence-corrected chi connectivity index (χ4v) is 2.32. The van der Waals surface area contributed by atoms with Crippen molar-refractivity contribution in [2.24, 2.45) is 5.92 Å². The van der Waals surface area contributed by atoms with Crippen LogP contribution in [0.15, 0.2) is 12.1 Å². The number of hydrogen-bond donors (Lipinski definition) is 1. The van der Waals surface area contributed by atoms with E-state index >= 15 is 0 Å². The fourth-order valence-electron chi connectivity index (χ4n) is 2.32. The summed E-state index contributed by atoms with van der Waals surface area (Å²) >= 11 is 0. The molecule has 1 saturated heterocycles. The molecule has 0 bridgehead atoms. The Morgan fingerprint density at radius 1 is 1.44 bits per heavy atom. The Hall–Kier alpha value is -1.67. The Kier molecular flexibility index (Phi) is 3.48. The topological polar surface area (TPSA) is 47.3 Å². The molecule has 0 radical (unpaired) electrons. The number of nitriles is 1. The fraction of sp³-hybridized carbons (Fsp3) is 0.462. The van der Waals surface area contributed by atoms with Crippen molar-refractivity contribution in [3.8, 4) is 6.07 Å². The average Bonchev–Trinajstić information content (AvgIpc) is 2.77. The van der Waals surface area contributed by atoms with Gasteiger partial charge in [-0.25, -0.2) is 8.78 Å². The first-order valence-corrected chi connectivity index (χ1v) is 5.85. The van der Waals surface area contributed by atoms with Crippen LogP contribution in [0.4, 0.5) is 14.5 Å². The molecule has 0 unspecified atom stereocenters. The highest BCUT2D eigenvalue weighted by molar-refractivity contribution is 5.53. The third kappa shape index (κ3) is 2.29. The molecule has 96 valence electrons. The lowest BCUT2D eigenvalue weighted by atomic mass is 10.0. The Balaban J connectivity index is 2.28. The van der Waals surface area contributed by atoms with Crippen molar-refractivity contribution in [1.82, 2.24) is 0 Å². The smallest absolute Gasteiger partial charge is 0.150 e. The molecule has 1 aromatic carbocycles. The van der Waals surface area contributed by atoms with Gasteiger partial charge in [0.25, 0.3) is 0 Å². The molecule has 1 N–H and O–H groups in total. The van der Waals surface area contributed by atoms with E-state index in [9.17, 15) is 13.9 Å². The largest absolute Gasteiger partial charge is 0.393 e. The van der Waals surface area contributed by atoms with Gasteiger partial charge in [0.05, 0.1) is 17.7 Å². The summed E-state index contributed by atoms with van der Waals surface area (Å²) < 4.78 is 27.6. The molecule has 5 heteroatoms. The van der Waals surface area contributed by atoms with Gasteiger partial charge < -0.3 is 10.0 Å². The lowest BCUT2D eigenvalue weighted by Gasteiger charge is -2.21. The highest BCUT2D eigenvalue weighted by Crippen LogP contribution is 2.30. The lowest BCUT2D eigenvalue weighted by molar-refractivity contribution is 0.136. The molecule has 0 aliphatic carbocycles. The van der Waals surface area contributed by atoms with Crippen LogP contribution in [0.3, 0.4) is 0 Å². The second-order valence-electron chi connectivity index (χ2n) is 4.64. The average molecular weight is 252 g/mol. The van der Waals surface area contributed by atoms with Crippen LogP contribution >= 0.6 is 0 Å². The number of anilines is 1. The first kappa shape index (κ1) is 12.8. The predicted molar refractivity (Wildman–Crippen MR) is 63.1 cm³/mol. The Morgan fingerprint density at radius 3 is 2.50 bits per heavy atom. The molecular formula is C13H14F2N2O. The molecule has 3 nitrogen and oxygen atoms in total. The highest BCUT2D eigenvalue weighted by atomic mass is 19.1. The van der Waals surface area contributed by atoms with Crippen LogP contribution in [0.5, 0.6) is 0 Å². The van der Waals surface area contributed by atoms with Gasteiger partial charge in [0.1, 0.15) is 5.69 Å². The number of aliphatic hydroxyl groups excluding tert-OH is 1. The number of aliphatic hydroxyl groups is 1. The van der Waals surface area contributed by atoms with Crippen molar-refractivity contribution in [2.45, 2.75) is 19.4 Å². The lowest BCUT2D eigenvalue weighted by Crippen LogP contribution is -2.25. The molecule has 1 aliphatic heterocycles. The molecule has 0 spiro atoms. The van der Waals surface area contributed by atoms with Gasteiger partial charge in [0.2, 0.25) is 0 Å². The molecular weight excluding hydrogens is 238 g/mol. The van der Waals surface area contributed by atoms with Gasteiger partial charge in [-0.1, -0.05) is 0 Å². The van der Waals surface area contributed by atoms with Gasteiger partial charge in [-0.3, -0.25) is 0 Å². The van der Waals surface area contributed by atoms with Crippen LogP contribution in [0.25, 0.3) is 0 Å². The van der Waals surface area contributed by atoms with E-state index in [-0.39, 0.29) is 17.2 Å². The van der Waals surface area contributed by atoms with E-state index in [1.54, 1.807) is 17.9 Å². The third-order valence-corrected chi connectivity index (χ3v) is 3.37. The maximum absolute atomic E-state index is 13.8. The highest BCUT2D eigenvalue weighted by Gasteiger charge is 2.29. The second kappa shape index (κ2) is 4.91. The SMILES string of the molecule is C[C@@H](O)[C@@H]1CCN(c2c(F)cc(C#N)cc2F)C1. The number of rotatable bonds is 2. The zero-order chi connectivity index (χ0) is 13.3. The number of benzene rings is 1. The molecule has 1 aromatic rings. The third-order valence-electron chi connectivity index (χ3n) is 3.37. The maximum Gasteiger partial charge on any atom is 0.150 e. The molecule has 2 rings (SSSR count). The van der Waals surface area contributed by atoms with Crippen molar-refractivity contribution in [2.75, 3.05) is 18.0 Å². The van der Waals surface area contributed by atoms with Crippen LogP contribution in [0, 0.1) is 28.9 Å². The Bertz CT molecular complexity index is 473. The summed E-state index contributed by atoms with van der Waals surface area (Å²) in [5.74, 6) is -1.42. The monoisotopic (exact) mass is 252 g/mol. The quantitative estimate of drug-likeness (QED) is 0.876. The van der Waals surface area contributed by atoms with E-state index in [0.29, 0.717) is 19.5 Å². The summed E-state index contributed by atoms with van der Waals surface area (Å²) in [6.07, 6.45) is 0.218. The van der Waals surface area contributed by atoms with E-state index in [1.165, 1.54) is 0 Å². The molecule has 2 atom stereocenters. The second-order valence-corrected chi connectivity index (χ2v) is 4.64. The van der Waals surface area contributed by atoms with Crippen LogP contribution in [0.2, 0.25) is 0 Å². The zero-order valence-corrected chi connectivity index (χ0v) is 10.0. The first-order valence-electron chi connectivity index (χ1n) is 5.85. The summed E-state index contributed by atoms with van der Waals surface area (Å²) in [6, 6.07) is 3.79. The van der Waals surface area contributed by atoms with Gasteiger partial charge in [0, 0.05) is 19.0 Å². The van der Waals surface area contributed by atoms with Gasteiger partial charge in [-0.2, -0.15) is 5.26 Å². The standard InChI is InChI=1S/C13H14F2N2O/c1-8(18)10-2-3-17(7-10)13-11(14)4-9(6-16)5-12(13)15/h4-5,8,10,18H,2-3,7H2,1H3/t8-,10-/m1/s1. The van der Waals surface area contributed by atoms with Crippen LogP contribution in [-0.4, -0.2) is 24.3 Å². The summed E-state index contributed by atoms with van der Waals surface area (Å²) in [7, 11) is 0. The summed E-state index contributed by atoms with van der Waals surface area (Å²) in [5, 5.41) is 18.1. The minimum atomic E-state index is -0.724. The first-order chi connectivity index (χ1) is 8.52. The van der Waals surface area contributed by atoms with Crippen molar-refractivity contribution in [1.29, 1.82) is 5.26 Å². The molecule has 0 saturated carbocycles. The normalized spacial score (nSPS) is 20.8. The Labute approximate surface area is 104 Å². The van der Waals surface area contributed by atoms with E-state index in [1.807, 2.05) is 0 Å². The number of nitrogens with zero attached hydrogens (tertiary/aromatic N) is 2. The molecule has 0 amide bonds. The zero-order valence-electron chi connectivity index (χ0n) is 10.0. The maximum atomic E-state index is 13.8. The minimum Gasteiger partial charge on any atom is -0.393 e. The molecule has 1 heterocycles. The summed E-state index contributed by atoms with van der Waals surface area (Å²) in [6.45, 7) is 2.62. The van der Waals surface area contributed by atoms with E-state index < -0.39 is 17.7 Å². The predicted octanol–water partition coefficient (Wildman–Crippen LogP) is 2.04. The minimum absolute atomic E-state index is 0.0273. The molecule has 0 aromatic heterocycles. The summed E-state index contributed by atoms with van der Waals surface area (Å²) in [4.78, 5) is 1.59. The number of hydrogen-bond acceptors (Lipinski definition) is 3. The van der Waals surface area contributed by atoms with Crippen LogP contribution in [-0.2, 0) is 0 Å². The van der Waals surface area contributed by atoms with E-state index in [0.717, 1.165) is 12.1 Å². The van der Waals surface area contributed by atoms with Crippen molar-refractivity contribution < 1.29 is 13.9 Å². The van der Waals surface area contributed by atoms with Crippen LogP contribution < -0.4 is 4.90 Å². The van der Waals surface area contributed by atoms with Crippen molar-refractivity contribution in [3.63, 3.8) is 0 Å². The van der Waals surface area contributed by atoms with Gasteiger partial charge >= 0.3 is 0 Å². The van der Waals surface area contributed by atoms with Gasteiger partial charge in [0.15, 0.2) is 11.6 Å². The number of halogens is 2. The van der Waals surface area contributed by atoms with E-state index in [4.69, 9.17) is 5.26 Å². The molecule has 1 aliphatic rings. The van der Waals surface area contributed by atoms with Gasteiger partial charge in [-0.05, 0) is 25.5 Å². The summed E-state index contributed by atoms with van der Waals surface area (Å²) in [5.41, 5.74) is -0.128.